The van der Waals surface area contributed by atoms with Crippen molar-refractivity contribution in [1.29, 1.82) is 0 Å². The molecule has 4 nitrogen and oxygen atoms in total. The van der Waals surface area contributed by atoms with E-state index in [1.807, 2.05) is 30.3 Å². The maximum Gasteiger partial charge on any atom is 0.416 e. The fourth-order valence-corrected chi connectivity index (χ4v) is 3.02. The van der Waals surface area contributed by atoms with Gasteiger partial charge < -0.3 is 9.47 Å². The van der Waals surface area contributed by atoms with Crippen molar-refractivity contribution < 1.29 is 22.6 Å². The Bertz CT molecular complexity index is 1160. The summed E-state index contributed by atoms with van der Waals surface area (Å²) in [5.74, 6) is 1.32. The third kappa shape index (κ3) is 4.20. The Morgan fingerprint density at radius 3 is 2.17 bits per heavy atom. The molecule has 0 aliphatic heterocycles. The quantitative estimate of drug-likeness (QED) is 0.411. The maximum absolute atomic E-state index is 13.1. The number of aromatic nitrogens is 2. The van der Waals surface area contributed by atoms with Gasteiger partial charge in [0.2, 0.25) is 0 Å². The Morgan fingerprint density at radius 1 is 0.800 bits per heavy atom. The van der Waals surface area contributed by atoms with Gasteiger partial charge >= 0.3 is 6.18 Å². The van der Waals surface area contributed by atoms with Crippen LogP contribution in [0.3, 0.4) is 0 Å². The molecule has 0 saturated carbocycles. The van der Waals surface area contributed by atoms with E-state index >= 15 is 0 Å². The van der Waals surface area contributed by atoms with E-state index in [0.717, 1.165) is 17.7 Å². The number of nitrogens with zero attached hydrogens (tertiary/aromatic N) is 2. The number of alkyl halides is 3. The van der Waals surface area contributed by atoms with Crippen molar-refractivity contribution in [2.75, 3.05) is 7.11 Å². The van der Waals surface area contributed by atoms with Crippen molar-refractivity contribution in [2.24, 2.45) is 0 Å². The monoisotopic (exact) mass is 410 g/mol. The predicted octanol–water partition coefficient (Wildman–Crippen LogP) is 5.90. The molecule has 0 spiro atoms. The lowest BCUT2D eigenvalue weighted by Crippen LogP contribution is -2.07. The first-order valence-electron chi connectivity index (χ1n) is 9.14. The van der Waals surface area contributed by atoms with E-state index in [1.165, 1.54) is 6.07 Å². The largest absolute Gasteiger partial charge is 0.497 e. The van der Waals surface area contributed by atoms with Crippen LogP contribution in [0.5, 0.6) is 11.5 Å². The van der Waals surface area contributed by atoms with Crippen molar-refractivity contribution >= 4 is 11.0 Å². The van der Waals surface area contributed by atoms with Crippen LogP contribution in [0.4, 0.5) is 13.2 Å². The van der Waals surface area contributed by atoms with Crippen LogP contribution in [0.1, 0.15) is 11.3 Å². The molecule has 0 radical (unpaired) electrons. The van der Waals surface area contributed by atoms with Gasteiger partial charge in [0.15, 0.2) is 0 Å². The third-order valence-electron chi connectivity index (χ3n) is 4.55. The Kier molecular flexibility index (Phi) is 5.27. The van der Waals surface area contributed by atoms with Gasteiger partial charge in [-0.3, -0.25) is 0 Å². The average Bonchev–Trinajstić information content (AvgIpc) is 2.77. The molecule has 0 atom stereocenters. The summed E-state index contributed by atoms with van der Waals surface area (Å²) in [5, 5.41) is 0. The Morgan fingerprint density at radius 2 is 1.50 bits per heavy atom. The highest BCUT2D eigenvalue weighted by Crippen LogP contribution is 2.32. The van der Waals surface area contributed by atoms with Crippen LogP contribution < -0.4 is 9.47 Å². The first kappa shape index (κ1) is 19.7. The summed E-state index contributed by atoms with van der Waals surface area (Å²) in [4.78, 5) is 9.04. The smallest absolute Gasteiger partial charge is 0.416 e. The summed E-state index contributed by atoms with van der Waals surface area (Å²) in [6.07, 6.45) is -4.45. The zero-order valence-corrected chi connectivity index (χ0v) is 16.0. The summed E-state index contributed by atoms with van der Waals surface area (Å²) in [7, 11) is 1.58. The Hall–Kier alpha value is -3.61. The van der Waals surface area contributed by atoms with Gasteiger partial charge in [0.05, 0.1) is 29.4 Å². The maximum atomic E-state index is 13.1. The lowest BCUT2D eigenvalue weighted by molar-refractivity contribution is -0.137. The van der Waals surface area contributed by atoms with E-state index in [0.29, 0.717) is 28.4 Å². The van der Waals surface area contributed by atoms with Gasteiger partial charge in [-0.15, -0.1) is 0 Å². The molecular formula is C23H17F3N2O2. The van der Waals surface area contributed by atoms with Crippen molar-refractivity contribution in [1.82, 2.24) is 9.97 Å². The molecule has 7 heteroatoms. The summed E-state index contributed by atoms with van der Waals surface area (Å²) in [6, 6.07) is 19.6. The van der Waals surface area contributed by atoms with E-state index in [9.17, 15) is 13.2 Å². The number of methoxy groups -OCH3 is 1. The molecule has 152 valence electrons. The van der Waals surface area contributed by atoms with Crippen molar-refractivity contribution in [3.05, 3.63) is 84.1 Å². The van der Waals surface area contributed by atoms with Crippen LogP contribution in [0.15, 0.2) is 72.8 Å². The molecule has 0 unspecified atom stereocenters. The van der Waals surface area contributed by atoms with Crippen molar-refractivity contribution in [2.45, 2.75) is 12.8 Å². The molecule has 3 aromatic carbocycles. The van der Waals surface area contributed by atoms with Crippen LogP contribution in [0, 0.1) is 0 Å². The second kappa shape index (κ2) is 8.02. The van der Waals surface area contributed by atoms with E-state index in [4.69, 9.17) is 9.47 Å². The summed E-state index contributed by atoms with van der Waals surface area (Å²) < 4.78 is 50.3. The zero-order chi connectivity index (χ0) is 21.1. The average molecular weight is 410 g/mol. The molecule has 0 fully saturated rings. The first-order valence-corrected chi connectivity index (χ1v) is 9.14. The zero-order valence-electron chi connectivity index (χ0n) is 16.0. The van der Waals surface area contributed by atoms with Crippen LogP contribution in [0.2, 0.25) is 0 Å². The number of halogens is 3. The normalized spacial score (nSPS) is 11.5. The highest BCUT2D eigenvalue weighted by atomic mass is 19.4. The van der Waals surface area contributed by atoms with Crippen molar-refractivity contribution in [3.63, 3.8) is 0 Å². The van der Waals surface area contributed by atoms with Gasteiger partial charge in [-0.2, -0.15) is 13.2 Å². The molecule has 0 aliphatic carbocycles. The number of hydrogen-bond acceptors (Lipinski definition) is 4. The SMILES string of the molecule is COc1ccc(OCc2nc3ccc(C(F)(F)F)cc3nc2-c2ccccc2)cc1. The van der Waals surface area contributed by atoms with Gasteiger partial charge in [-0.05, 0) is 42.5 Å². The Balaban J connectivity index is 1.74. The summed E-state index contributed by atoms with van der Waals surface area (Å²) in [6.45, 7) is 0.112. The minimum Gasteiger partial charge on any atom is -0.497 e. The molecule has 1 heterocycles. The molecular weight excluding hydrogens is 393 g/mol. The van der Waals surface area contributed by atoms with Crippen LogP contribution in [0.25, 0.3) is 22.3 Å². The second-order valence-electron chi connectivity index (χ2n) is 6.55. The molecule has 0 aliphatic rings. The molecule has 4 aromatic rings. The number of ether oxygens (including phenoxy) is 2. The fourth-order valence-electron chi connectivity index (χ4n) is 3.02. The van der Waals surface area contributed by atoms with E-state index in [1.54, 1.807) is 31.4 Å². The molecule has 1 aromatic heterocycles. The van der Waals surface area contributed by atoms with Crippen LogP contribution in [-0.2, 0) is 12.8 Å². The minimum atomic E-state index is -4.45. The lowest BCUT2D eigenvalue weighted by Gasteiger charge is -2.13. The van der Waals surface area contributed by atoms with Gasteiger partial charge in [0, 0.05) is 5.56 Å². The standard InChI is InChI=1S/C23H17F3N2O2/c1-29-17-8-10-18(11-9-17)30-14-21-22(15-5-3-2-4-6-15)28-20-13-16(23(24,25)26)7-12-19(20)27-21/h2-13H,14H2,1H3. The number of rotatable bonds is 5. The van der Waals surface area contributed by atoms with Crippen LogP contribution >= 0.6 is 0 Å². The molecule has 0 N–H and O–H groups in total. The van der Waals surface area contributed by atoms with Gasteiger partial charge in [-0.1, -0.05) is 30.3 Å². The number of fused-ring (bicyclic) bond motifs is 1. The third-order valence-corrected chi connectivity index (χ3v) is 4.55. The van der Waals surface area contributed by atoms with Crippen molar-refractivity contribution in [3.8, 4) is 22.8 Å². The summed E-state index contributed by atoms with van der Waals surface area (Å²) in [5.41, 5.74) is 1.55. The second-order valence-corrected chi connectivity index (χ2v) is 6.55. The van der Waals surface area contributed by atoms with Gasteiger partial charge in [-0.25, -0.2) is 9.97 Å². The van der Waals surface area contributed by atoms with Gasteiger partial charge in [0.1, 0.15) is 23.8 Å². The minimum absolute atomic E-state index is 0.112. The van der Waals surface area contributed by atoms with E-state index < -0.39 is 11.7 Å². The first-order chi connectivity index (χ1) is 14.4. The van der Waals surface area contributed by atoms with E-state index in [2.05, 4.69) is 9.97 Å². The highest BCUT2D eigenvalue weighted by molar-refractivity contribution is 5.79. The van der Waals surface area contributed by atoms with Crippen LogP contribution in [-0.4, -0.2) is 17.1 Å². The lowest BCUT2D eigenvalue weighted by atomic mass is 10.1. The molecule has 0 saturated heterocycles. The van der Waals surface area contributed by atoms with Gasteiger partial charge in [0.25, 0.3) is 0 Å². The summed E-state index contributed by atoms with van der Waals surface area (Å²) >= 11 is 0. The molecule has 30 heavy (non-hydrogen) atoms. The fraction of sp³-hybridized carbons (Fsp3) is 0.130. The number of hydrogen-bond donors (Lipinski definition) is 0. The Labute approximate surface area is 170 Å². The molecule has 0 amide bonds. The molecule has 4 rings (SSSR count). The number of benzene rings is 3. The van der Waals surface area contributed by atoms with E-state index in [-0.39, 0.29) is 12.1 Å². The topological polar surface area (TPSA) is 44.2 Å². The predicted molar refractivity (Wildman–Crippen MR) is 107 cm³/mol. The molecule has 0 bridgehead atoms. The highest BCUT2D eigenvalue weighted by Gasteiger charge is 2.30.